The number of aromatic nitrogens is 2. The first-order valence-electron chi connectivity index (χ1n) is 20.3. The van der Waals surface area contributed by atoms with Gasteiger partial charge in [0.15, 0.2) is 0 Å². The quantitative estimate of drug-likeness (QED) is 0.0344. The summed E-state index contributed by atoms with van der Waals surface area (Å²) in [5.74, 6) is -0.881. The number of hydrogen-bond donors (Lipinski definition) is 3. The number of aromatic amines is 1. The number of thiocarbonyl (C=S) groups is 1. The van der Waals surface area contributed by atoms with Crippen molar-refractivity contribution in [3.05, 3.63) is 164 Å². The van der Waals surface area contributed by atoms with Gasteiger partial charge in [0.1, 0.15) is 34.4 Å². The number of rotatable bonds is 18. The van der Waals surface area contributed by atoms with Gasteiger partial charge in [0.25, 0.3) is 5.56 Å². The molecule has 1 aliphatic heterocycles. The Hall–Kier alpha value is -4.76. The number of ether oxygens (including phenoxy) is 4. The van der Waals surface area contributed by atoms with Crippen LogP contribution < -0.4 is 25.8 Å². The van der Waals surface area contributed by atoms with Crippen molar-refractivity contribution in [2.24, 2.45) is 0 Å². The molecule has 5 aromatic rings. The lowest BCUT2D eigenvalue weighted by Crippen LogP contribution is -2.52. The van der Waals surface area contributed by atoms with Crippen LogP contribution in [0, 0.1) is 6.92 Å². The molecule has 13 nitrogen and oxygen atoms in total. The lowest BCUT2D eigenvalue weighted by molar-refractivity contribution is -0.204. The van der Waals surface area contributed by atoms with Gasteiger partial charge in [-0.1, -0.05) is 97.1 Å². The maximum absolute atomic E-state index is 13.4. The summed E-state index contributed by atoms with van der Waals surface area (Å²) in [6, 6.07) is 34.0. The second-order valence-corrected chi connectivity index (χ2v) is 17.9. The van der Waals surface area contributed by atoms with Crippen molar-refractivity contribution in [3.63, 3.8) is 0 Å². The molecule has 15 heteroatoms. The molecule has 1 unspecified atom stereocenters. The molecule has 0 radical (unpaired) electrons. The highest BCUT2D eigenvalue weighted by Gasteiger charge is 2.65. The third kappa shape index (κ3) is 9.67. The van der Waals surface area contributed by atoms with Crippen molar-refractivity contribution in [1.29, 1.82) is 0 Å². The normalized spacial score (nSPS) is 19.0. The number of nitrogens with zero attached hydrogens (tertiary/aromatic N) is 2. The molecular weight excluding hydrogens is 816 g/mol. The summed E-state index contributed by atoms with van der Waals surface area (Å²) >= 11 is 6.02. The van der Waals surface area contributed by atoms with E-state index < -0.39 is 43.0 Å². The van der Waals surface area contributed by atoms with Crippen LogP contribution in [0.1, 0.15) is 75.1 Å². The predicted octanol–water partition coefficient (Wildman–Crippen LogP) is 7.66. The molecule has 0 amide bonds. The van der Waals surface area contributed by atoms with Crippen LogP contribution in [0.25, 0.3) is 0 Å². The minimum Gasteiger partial charge on any atom is -0.497 e. The van der Waals surface area contributed by atoms with Crippen LogP contribution in [0.2, 0.25) is 0 Å². The third-order valence-electron chi connectivity index (χ3n) is 10.6. The Labute approximate surface area is 363 Å². The lowest BCUT2D eigenvalue weighted by Gasteiger charge is -2.41. The molecule has 0 aliphatic carbocycles. The third-order valence-corrected chi connectivity index (χ3v) is 14.3. The van der Waals surface area contributed by atoms with E-state index in [4.69, 9.17) is 40.2 Å². The first-order valence-corrected chi connectivity index (χ1v) is 22.3. The van der Waals surface area contributed by atoms with E-state index in [1.807, 2.05) is 148 Å². The number of H-pyrrole nitrogens is 1. The number of aliphatic hydroxyl groups is 1. The number of benzene rings is 4. The average molecular weight is 872 g/mol. The Bertz CT molecular complexity index is 2290. The van der Waals surface area contributed by atoms with Gasteiger partial charge >= 0.3 is 13.7 Å². The maximum atomic E-state index is 13.4. The van der Waals surface area contributed by atoms with Crippen LogP contribution in [-0.4, -0.2) is 75.7 Å². The zero-order valence-corrected chi connectivity index (χ0v) is 37.6. The molecule has 4 atom stereocenters. The molecule has 0 spiro atoms. The summed E-state index contributed by atoms with van der Waals surface area (Å²) < 4.78 is 42.2. The van der Waals surface area contributed by atoms with Gasteiger partial charge in [0, 0.05) is 29.4 Å². The van der Waals surface area contributed by atoms with Crippen molar-refractivity contribution in [2.75, 3.05) is 27.4 Å². The smallest absolute Gasteiger partial charge is 0.463 e. The summed E-state index contributed by atoms with van der Waals surface area (Å²) in [5, 5.41) is 16.8. The summed E-state index contributed by atoms with van der Waals surface area (Å²) in [6.07, 6.45) is -1.20. The molecule has 2 heterocycles. The second-order valence-electron chi connectivity index (χ2n) is 15.3. The van der Waals surface area contributed by atoms with Gasteiger partial charge in [-0.3, -0.25) is 14.3 Å². The summed E-state index contributed by atoms with van der Waals surface area (Å²) in [4.78, 5) is 28.7. The first kappa shape index (κ1) is 45.8. The topological polar surface area (TPSA) is 146 Å². The largest absolute Gasteiger partial charge is 0.497 e. The highest BCUT2D eigenvalue weighted by molar-refractivity contribution is 7.82. The van der Waals surface area contributed by atoms with E-state index in [0.717, 1.165) is 22.3 Å². The molecule has 1 saturated heterocycles. The highest BCUT2D eigenvalue weighted by atomic mass is 32.1. The molecule has 1 fully saturated rings. The molecule has 4 aromatic carbocycles. The van der Waals surface area contributed by atoms with Gasteiger partial charge in [0.2, 0.25) is 5.79 Å². The second kappa shape index (κ2) is 19.5. The van der Waals surface area contributed by atoms with E-state index in [-0.39, 0.29) is 37.3 Å². The van der Waals surface area contributed by atoms with Gasteiger partial charge in [-0.2, -0.15) is 9.61 Å². The lowest BCUT2D eigenvalue weighted by atomic mass is 9.80. The molecule has 1 aliphatic rings. The van der Waals surface area contributed by atoms with Gasteiger partial charge in [0.05, 0.1) is 33.9 Å². The number of methoxy groups -OCH3 is 2. The fourth-order valence-electron chi connectivity index (χ4n) is 7.86. The van der Waals surface area contributed by atoms with Gasteiger partial charge in [-0.25, -0.2) is 4.79 Å². The Kier molecular flexibility index (Phi) is 14.6. The van der Waals surface area contributed by atoms with Crippen LogP contribution >= 0.6 is 20.2 Å². The Balaban J connectivity index is 1.53. The summed E-state index contributed by atoms with van der Waals surface area (Å²) in [5.41, 5.74) is 0.781. The van der Waals surface area contributed by atoms with Crippen molar-refractivity contribution < 1.29 is 33.1 Å². The van der Waals surface area contributed by atoms with Crippen LogP contribution in [-0.2, 0) is 24.1 Å². The standard InChI is InChI=1S/C46H55N4O9PS/c1-9-57-60(50(31(2)3)32(4)5,48-43(61)34-16-12-10-13-17-34)59-45(53)28-41(49-29-33(6)42(51)47-44(49)52)58-40(45)30-56-46(35-18-14-11-15-19-35,36-20-24-38(54-7)25-21-36)37-22-26-39(55-8)27-23-37/h10-27,29,31-32,40-41,53H,9,28,30H2,1-8H3,(H-,47,48,51,52,61)/p+1/t40-,41-,45+,60?/m1/s1. The molecule has 61 heavy (non-hydrogen) atoms. The maximum Gasteiger partial charge on any atom is 0.463 e. The van der Waals surface area contributed by atoms with E-state index >= 15 is 0 Å². The van der Waals surface area contributed by atoms with Crippen molar-refractivity contribution in [3.8, 4) is 11.5 Å². The first-order chi connectivity index (χ1) is 29.2. The zero-order valence-electron chi connectivity index (χ0n) is 35.9. The average Bonchev–Trinajstić information content (AvgIpc) is 3.57. The van der Waals surface area contributed by atoms with E-state index in [1.165, 1.54) is 10.8 Å². The molecule has 0 saturated carbocycles. The Morgan fingerprint density at radius 1 is 0.902 bits per heavy atom. The molecule has 1 aromatic heterocycles. The van der Waals surface area contributed by atoms with E-state index in [2.05, 4.69) is 10.1 Å². The van der Waals surface area contributed by atoms with Crippen LogP contribution in [0.3, 0.4) is 0 Å². The molecular formula is C46H56N4O9PS+. The zero-order chi connectivity index (χ0) is 44.0. The Morgan fingerprint density at radius 2 is 1.43 bits per heavy atom. The number of hydrogen-bond acceptors (Lipinski definition) is 11. The highest BCUT2D eigenvalue weighted by Crippen LogP contribution is 2.66. The monoisotopic (exact) mass is 871 g/mol. The van der Waals surface area contributed by atoms with Gasteiger partial charge < -0.3 is 24.1 Å². The molecule has 6 rings (SSSR count). The van der Waals surface area contributed by atoms with Crippen molar-refractivity contribution >= 4 is 25.2 Å². The van der Waals surface area contributed by atoms with E-state index in [0.29, 0.717) is 16.5 Å². The predicted molar refractivity (Wildman–Crippen MR) is 241 cm³/mol. The van der Waals surface area contributed by atoms with Crippen molar-refractivity contribution in [2.45, 2.75) is 83.8 Å². The number of aryl methyl sites for hydroxylation is 1. The van der Waals surface area contributed by atoms with E-state index in [1.54, 1.807) is 21.1 Å². The molecule has 324 valence electrons. The minimum absolute atomic E-state index is 0.164. The number of nitrogens with one attached hydrogen (secondary N) is 2. The minimum atomic E-state index is -3.61. The summed E-state index contributed by atoms with van der Waals surface area (Å²) in [7, 11) is -0.400. The fourth-order valence-corrected chi connectivity index (χ4v) is 11.4. The fraction of sp³-hybridized carbons (Fsp3) is 0.370. The van der Waals surface area contributed by atoms with Crippen LogP contribution in [0.4, 0.5) is 0 Å². The van der Waals surface area contributed by atoms with Gasteiger partial charge in [-0.05, 0) is 82.5 Å². The summed E-state index contributed by atoms with van der Waals surface area (Å²) in [6.45, 7) is 11.4. The molecule has 3 N–H and O–H groups in total. The molecule has 0 bridgehead atoms. The van der Waals surface area contributed by atoms with Gasteiger partial charge in [-0.15, -0.1) is 9.19 Å². The van der Waals surface area contributed by atoms with Crippen LogP contribution in [0.15, 0.2) is 125 Å². The van der Waals surface area contributed by atoms with E-state index in [9.17, 15) is 14.7 Å². The van der Waals surface area contributed by atoms with Crippen molar-refractivity contribution in [1.82, 2.24) is 19.3 Å². The Morgan fingerprint density at radius 3 is 1.93 bits per heavy atom. The van der Waals surface area contributed by atoms with Crippen LogP contribution in [0.5, 0.6) is 11.5 Å². The SMILES string of the molecule is CCO[P+](NC(=S)c1ccccc1)(O[C@@]1(O)C[C@H](n2cc(C)c(=O)[nH]c2=O)O[C@@H]1COC(c1ccccc1)(c1ccc(OC)cc1)c1ccc(OC)cc1)N(C(C)C)C(C)C.